The van der Waals surface area contributed by atoms with Gasteiger partial charge in [-0.3, -0.25) is 0 Å². The van der Waals surface area contributed by atoms with Crippen molar-refractivity contribution in [2.24, 2.45) is 0 Å². The molecular formula is C12H14O2. The molecule has 1 aromatic rings. The molecular weight excluding hydrogens is 176 g/mol. The minimum atomic E-state index is 0.0137. The fourth-order valence-electron chi connectivity index (χ4n) is 2.51. The zero-order valence-corrected chi connectivity index (χ0v) is 8.54. The van der Waals surface area contributed by atoms with Gasteiger partial charge in [-0.15, -0.1) is 0 Å². The predicted molar refractivity (Wildman–Crippen MR) is 53.5 cm³/mol. The second-order valence-corrected chi connectivity index (χ2v) is 4.28. The molecule has 74 valence electrons. The number of hydrogen-bond donors (Lipinski definition) is 0. The Labute approximate surface area is 83.8 Å². The summed E-state index contributed by atoms with van der Waals surface area (Å²) in [7, 11) is 1.71. The maximum absolute atomic E-state index is 5.72. The highest BCUT2D eigenvalue weighted by Crippen LogP contribution is 2.52. The minimum Gasteiger partial charge on any atom is -0.497 e. The fourth-order valence-corrected chi connectivity index (χ4v) is 2.51. The Morgan fingerprint density at radius 3 is 3.14 bits per heavy atom. The minimum absolute atomic E-state index is 0.0137. The summed E-state index contributed by atoms with van der Waals surface area (Å²) in [6, 6.07) is 6.31. The van der Waals surface area contributed by atoms with Gasteiger partial charge in [0.2, 0.25) is 0 Å². The van der Waals surface area contributed by atoms with E-state index in [0.29, 0.717) is 6.10 Å². The van der Waals surface area contributed by atoms with E-state index in [-0.39, 0.29) is 5.60 Å². The number of ether oxygens (including phenoxy) is 2. The van der Waals surface area contributed by atoms with Crippen LogP contribution in [0, 0.1) is 0 Å². The van der Waals surface area contributed by atoms with E-state index in [1.165, 1.54) is 11.1 Å². The molecule has 0 unspecified atom stereocenters. The van der Waals surface area contributed by atoms with Gasteiger partial charge in [0.1, 0.15) is 11.4 Å². The average molecular weight is 190 g/mol. The number of benzene rings is 1. The zero-order chi connectivity index (χ0) is 9.76. The Bertz CT molecular complexity index is 386. The van der Waals surface area contributed by atoms with Crippen molar-refractivity contribution in [2.75, 3.05) is 7.11 Å². The van der Waals surface area contributed by atoms with Crippen LogP contribution in [0.3, 0.4) is 0 Å². The van der Waals surface area contributed by atoms with Gasteiger partial charge in [-0.1, -0.05) is 6.07 Å². The molecule has 0 amide bonds. The monoisotopic (exact) mass is 190 g/mol. The van der Waals surface area contributed by atoms with Crippen molar-refractivity contribution in [3.8, 4) is 5.75 Å². The summed E-state index contributed by atoms with van der Waals surface area (Å²) in [5.41, 5.74) is 2.76. The van der Waals surface area contributed by atoms with E-state index in [1.54, 1.807) is 7.11 Å². The first kappa shape index (κ1) is 8.30. The van der Waals surface area contributed by atoms with Gasteiger partial charge < -0.3 is 9.47 Å². The van der Waals surface area contributed by atoms with E-state index in [0.717, 1.165) is 18.6 Å². The summed E-state index contributed by atoms with van der Waals surface area (Å²) in [6.45, 7) is 2.18. The summed E-state index contributed by atoms with van der Waals surface area (Å²) in [5, 5.41) is 0. The molecule has 1 aromatic carbocycles. The molecule has 1 aliphatic heterocycles. The number of rotatable bonds is 1. The van der Waals surface area contributed by atoms with Crippen LogP contribution in [-0.2, 0) is 16.8 Å². The highest BCUT2D eigenvalue weighted by atomic mass is 16.6. The van der Waals surface area contributed by atoms with E-state index in [4.69, 9.17) is 9.47 Å². The van der Waals surface area contributed by atoms with Gasteiger partial charge in [-0.2, -0.15) is 0 Å². The molecule has 0 bridgehead atoms. The number of fused-ring (bicyclic) bond motifs is 3. The Morgan fingerprint density at radius 2 is 2.36 bits per heavy atom. The molecule has 2 aliphatic rings. The first-order chi connectivity index (χ1) is 6.74. The molecule has 2 heteroatoms. The van der Waals surface area contributed by atoms with Crippen LogP contribution in [0.2, 0.25) is 0 Å². The number of aryl methyl sites for hydroxylation is 1. The van der Waals surface area contributed by atoms with Crippen LogP contribution >= 0.6 is 0 Å². The van der Waals surface area contributed by atoms with Crippen LogP contribution in [0.1, 0.15) is 24.5 Å². The lowest BCUT2D eigenvalue weighted by molar-refractivity contribution is 0.314. The Kier molecular flexibility index (Phi) is 1.49. The molecule has 0 N–H and O–H groups in total. The third kappa shape index (κ3) is 0.947. The summed E-state index contributed by atoms with van der Waals surface area (Å²) in [4.78, 5) is 0. The van der Waals surface area contributed by atoms with E-state index >= 15 is 0 Å². The number of epoxide rings is 1. The topological polar surface area (TPSA) is 21.8 Å². The molecule has 1 heterocycles. The van der Waals surface area contributed by atoms with Crippen molar-refractivity contribution in [1.29, 1.82) is 0 Å². The largest absolute Gasteiger partial charge is 0.497 e. The summed E-state index contributed by atoms with van der Waals surface area (Å²) in [6.07, 6.45) is 2.73. The molecule has 0 saturated carbocycles. The Hall–Kier alpha value is -1.02. The molecule has 1 aliphatic carbocycles. The van der Waals surface area contributed by atoms with Crippen molar-refractivity contribution in [2.45, 2.75) is 31.5 Å². The Balaban J connectivity index is 2.09. The molecule has 1 fully saturated rings. The Morgan fingerprint density at radius 1 is 1.50 bits per heavy atom. The van der Waals surface area contributed by atoms with Gasteiger partial charge in [0.15, 0.2) is 0 Å². The molecule has 0 radical (unpaired) electrons. The highest BCUT2D eigenvalue weighted by molar-refractivity contribution is 5.44. The van der Waals surface area contributed by atoms with Crippen molar-refractivity contribution >= 4 is 0 Å². The van der Waals surface area contributed by atoms with Gasteiger partial charge in [0.05, 0.1) is 13.2 Å². The number of hydrogen-bond acceptors (Lipinski definition) is 2. The molecule has 1 saturated heterocycles. The molecule has 2 atom stereocenters. The van der Waals surface area contributed by atoms with Gasteiger partial charge in [0.25, 0.3) is 0 Å². The second kappa shape index (κ2) is 2.51. The van der Waals surface area contributed by atoms with Crippen LogP contribution in [0.5, 0.6) is 5.75 Å². The quantitative estimate of drug-likeness (QED) is 0.633. The molecule has 14 heavy (non-hydrogen) atoms. The fraction of sp³-hybridized carbons (Fsp3) is 0.500. The van der Waals surface area contributed by atoms with Crippen LogP contribution in [0.25, 0.3) is 0 Å². The second-order valence-electron chi connectivity index (χ2n) is 4.28. The van der Waals surface area contributed by atoms with Crippen molar-refractivity contribution < 1.29 is 9.47 Å². The summed E-state index contributed by atoms with van der Waals surface area (Å²) in [5.74, 6) is 0.950. The maximum atomic E-state index is 5.72. The van der Waals surface area contributed by atoms with Crippen LogP contribution in [0.15, 0.2) is 18.2 Å². The molecule has 0 aromatic heterocycles. The SMILES string of the molecule is COc1ccc2c(c1)CC[C@H]1O[C@@]21C. The van der Waals surface area contributed by atoms with Crippen molar-refractivity contribution in [3.05, 3.63) is 29.3 Å². The third-order valence-corrected chi connectivity index (χ3v) is 3.47. The molecule has 3 rings (SSSR count). The third-order valence-electron chi connectivity index (χ3n) is 3.47. The van der Waals surface area contributed by atoms with Gasteiger partial charge in [0, 0.05) is 0 Å². The lowest BCUT2D eigenvalue weighted by atomic mass is 9.84. The highest BCUT2D eigenvalue weighted by Gasteiger charge is 2.56. The van der Waals surface area contributed by atoms with Gasteiger partial charge >= 0.3 is 0 Å². The first-order valence-corrected chi connectivity index (χ1v) is 5.09. The smallest absolute Gasteiger partial charge is 0.119 e. The predicted octanol–water partition coefficient (Wildman–Crippen LogP) is 2.26. The van der Waals surface area contributed by atoms with E-state index in [9.17, 15) is 0 Å². The summed E-state index contributed by atoms with van der Waals surface area (Å²) >= 11 is 0. The lowest BCUT2D eigenvalue weighted by Gasteiger charge is -2.18. The zero-order valence-electron chi connectivity index (χ0n) is 8.54. The van der Waals surface area contributed by atoms with Crippen LogP contribution < -0.4 is 4.74 Å². The summed E-state index contributed by atoms with van der Waals surface area (Å²) < 4.78 is 10.9. The van der Waals surface area contributed by atoms with Gasteiger partial charge in [-0.05, 0) is 43.0 Å². The van der Waals surface area contributed by atoms with Crippen molar-refractivity contribution in [1.82, 2.24) is 0 Å². The molecule has 2 nitrogen and oxygen atoms in total. The normalized spacial score (nSPS) is 33.1. The van der Waals surface area contributed by atoms with Gasteiger partial charge in [-0.25, -0.2) is 0 Å². The average Bonchev–Trinajstić information content (AvgIpc) is 2.89. The maximum Gasteiger partial charge on any atom is 0.119 e. The first-order valence-electron chi connectivity index (χ1n) is 5.09. The van der Waals surface area contributed by atoms with E-state index < -0.39 is 0 Å². The molecule has 0 spiro atoms. The lowest BCUT2D eigenvalue weighted by Crippen LogP contribution is -2.16. The van der Waals surface area contributed by atoms with E-state index in [2.05, 4.69) is 19.1 Å². The van der Waals surface area contributed by atoms with E-state index in [1.807, 2.05) is 6.07 Å². The van der Waals surface area contributed by atoms with Crippen LogP contribution in [-0.4, -0.2) is 13.2 Å². The number of methoxy groups -OCH3 is 1. The van der Waals surface area contributed by atoms with Crippen molar-refractivity contribution in [3.63, 3.8) is 0 Å². The van der Waals surface area contributed by atoms with Crippen LogP contribution in [0.4, 0.5) is 0 Å². The standard InChI is InChI=1S/C12H14O2/c1-12-10-5-4-9(13-2)7-8(10)3-6-11(12)14-12/h4-5,7,11H,3,6H2,1-2H3/t11-,12+/m1/s1.